The molecule has 146 valence electrons. The van der Waals surface area contributed by atoms with Gasteiger partial charge in [0.25, 0.3) is 0 Å². The molecule has 1 aliphatic carbocycles. The number of hydrogen-bond acceptors (Lipinski definition) is 7. The number of amides is 1. The molecule has 8 heteroatoms. The van der Waals surface area contributed by atoms with Crippen molar-refractivity contribution in [2.75, 3.05) is 38.6 Å². The monoisotopic (exact) mass is 406 g/mol. The first-order valence-corrected chi connectivity index (χ1v) is 11.6. The van der Waals surface area contributed by atoms with Gasteiger partial charge >= 0.3 is 0 Å². The molecule has 0 saturated carbocycles. The largest absolute Gasteiger partial charge is 0.379 e. The molecule has 2 aromatic rings. The van der Waals surface area contributed by atoms with E-state index in [1.165, 1.54) is 28.7 Å². The number of thioether (sulfide) groups is 1. The van der Waals surface area contributed by atoms with Crippen molar-refractivity contribution in [3.63, 3.8) is 0 Å². The summed E-state index contributed by atoms with van der Waals surface area (Å²) in [6.45, 7) is 6.74. The van der Waals surface area contributed by atoms with Gasteiger partial charge in [0.2, 0.25) is 5.91 Å². The third-order valence-corrected chi connectivity index (χ3v) is 7.17. The molecule has 2 aromatic heterocycles. The molecule has 27 heavy (non-hydrogen) atoms. The SMILES string of the molecule is CCNC(=O)CSc1nc(CN2CCOCC2)nc2sc3c(c12)CCCC3. The van der Waals surface area contributed by atoms with Gasteiger partial charge in [0, 0.05) is 29.9 Å². The van der Waals surface area contributed by atoms with E-state index >= 15 is 0 Å². The Kier molecular flexibility index (Phi) is 6.27. The number of morpholine rings is 1. The number of carbonyl (C=O) groups excluding carboxylic acids is 1. The summed E-state index contributed by atoms with van der Waals surface area (Å²) in [6.07, 6.45) is 4.75. The van der Waals surface area contributed by atoms with Crippen molar-refractivity contribution in [2.24, 2.45) is 0 Å². The Morgan fingerprint density at radius 3 is 2.89 bits per heavy atom. The van der Waals surface area contributed by atoms with Crippen LogP contribution in [0.25, 0.3) is 10.2 Å². The molecule has 0 bridgehead atoms. The van der Waals surface area contributed by atoms with Crippen LogP contribution in [0.3, 0.4) is 0 Å². The van der Waals surface area contributed by atoms with Crippen molar-refractivity contribution in [3.05, 3.63) is 16.3 Å². The molecule has 6 nitrogen and oxygen atoms in total. The molecule has 1 saturated heterocycles. The van der Waals surface area contributed by atoms with Crippen LogP contribution in [0.5, 0.6) is 0 Å². The van der Waals surface area contributed by atoms with Gasteiger partial charge in [-0.05, 0) is 38.2 Å². The highest BCUT2D eigenvalue weighted by Gasteiger charge is 2.22. The van der Waals surface area contributed by atoms with E-state index in [1.807, 2.05) is 18.3 Å². The van der Waals surface area contributed by atoms with E-state index in [0.717, 1.165) is 61.4 Å². The number of carbonyl (C=O) groups is 1. The van der Waals surface area contributed by atoms with Gasteiger partial charge < -0.3 is 10.1 Å². The first-order chi connectivity index (χ1) is 13.2. The molecule has 2 aliphatic rings. The lowest BCUT2D eigenvalue weighted by Crippen LogP contribution is -2.36. The third kappa shape index (κ3) is 4.45. The fourth-order valence-corrected chi connectivity index (χ4v) is 5.93. The first kappa shape index (κ1) is 19.1. The number of rotatable bonds is 6. The smallest absolute Gasteiger partial charge is 0.230 e. The van der Waals surface area contributed by atoms with Crippen molar-refractivity contribution < 1.29 is 9.53 Å². The number of nitrogens with zero attached hydrogens (tertiary/aromatic N) is 3. The number of nitrogens with one attached hydrogen (secondary N) is 1. The molecule has 1 N–H and O–H groups in total. The van der Waals surface area contributed by atoms with Gasteiger partial charge in [0.05, 0.1) is 25.5 Å². The first-order valence-electron chi connectivity index (χ1n) is 9.75. The molecular formula is C19H26N4O2S2. The Morgan fingerprint density at radius 1 is 1.26 bits per heavy atom. The zero-order valence-corrected chi connectivity index (χ0v) is 17.4. The highest BCUT2D eigenvalue weighted by atomic mass is 32.2. The van der Waals surface area contributed by atoms with E-state index < -0.39 is 0 Å². The van der Waals surface area contributed by atoms with Gasteiger partial charge in [-0.3, -0.25) is 9.69 Å². The summed E-state index contributed by atoms with van der Waals surface area (Å²) in [7, 11) is 0. The fraction of sp³-hybridized carbons (Fsp3) is 0.632. The molecule has 1 amide bonds. The number of ether oxygens (including phenoxy) is 1. The lowest BCUT2D eigenvalue weighted by Gasteiger charge is -2.25. The van der Waals surface area contributed by atoms with Crippen LogP contribution in [-0.4, -0.2) is 59.4 Å². The van der Waals surface area contributed by atoms with Crippen LogP contribution in [0.4, 0.5) is 0 Å². The van der Waals surface area contributed by atoms with E-state index in [4.69, 9.17) is 14.7 Å². The molecule has 0 atom stereocenters. The van der Waals surface area contributed by atoms with Crippen LogP contribution in [-0.2, 0) is 28.9 Å². The Morgan fingerprint density at radius 2 is 2.07 bits per heavy atom. The molecule has 4 rings (SSSR count). The summed E-state index contributed by atoms with van der Waals surface area (Å²) < 4.78 is 5.45. The van der Waals surface area contributed by atoms with Crippen LogP contribution < -0.4 is 5.32 Å². The van der Waals surface area contributed by atoms with Crippen LogP contribution >= 0.6 is 23.1 Å². The summed E-state index contributed by atoms with van der Waals surface area (Å²) in [5.74, 6) is 1.33. The number of aromatic nitrogens is 2. The fourth-order valence-electron chi connectivity index (χ4n) is 3.68. The minimum absolute atomic E-state index is 0.0630. The van der Waals surface area contributed by atoms with Crippen molar-refractivity contribution >= 4 is 39.2 Å². The zero-order valence-electron chi connectivity index (χ0n) is 15.8. The second kappa shape index (κ2) is 8.86. The van der Waals surface area contributed by atoms with Crippen LogP contribution in [0.1, 0.15) is 36.0 Å². The minimum atomic E-state index is 0.0630. The van der Waals surface area contributed by atoms with Crippen molar-refractivity contribution in [1.82, 2.24) is 20.2 Å². The average Bonchev–Trinajstić information content (AvgIpc) is 3.05. The lowest BCUT2D eigenvalue weighted by atomic mass is 9.97. The second-order valence-electron chi connectivity index (χ2n) is 6.97. The molecule has 0 radical (unpaired) electrons. The molecule has 0 unspecified atom stereocenters. The molecule has 3 heterocycles. The maximum absolute atomic E-state index is 12.0. The van der Waals surface area contributed by atoms with Gasteiger partial charge in [-0.2, -0.15) is 0 Å². The molecule has 0 aromatic carbocycles. The van der Waals surface area contributed by atoms with Gasteiger partial charge in [0.15, 0.2) is 0 Å². The molecule has 1 fully saturated rings. The van der Waals surface area contributed by atoms with Gasteiger partial charge in [-0.25, -0.2) is 9.97 Å². The normalized spacial score (nSPS) is 17.8. The Hall–Kier alpha value is -1.22. The van der Waals surface area contributed by atoms with Crippen molar-refractivity contribution in [3.8, 4) is 0 Å². The predicted octanol–water partition coefficient (Wildman–Crippen LogP) is 2.63. The van der Waals surface area contributed by atoms with E-state index in [2.05, 4.69) is 10.2 Å². The lowest BCUT2D eigenvalue weighted by molar-refractivity contribution is -0.118. The highest BCUT2D eigenvalue weighted by Crippen LogP contribution is 2.39. The molecule has 1 aliphatic heterocycles. The van der Waals surface area contributed by atoms with Gasteiger partial charge in [-0.1, -0.05) is 11.8 Å². The summed E-state index contributed by atoms with van der Waals surface area (Å²) in [6, 6.07) is 0. The maximum Gasteiger partial charge on any atom is 0.230 e. The van der Waals surface area contributed by atoms with Crippen LogP contribution in [0.2, 0.25) is 0 Å². The zero-order chi connectivity index (χ0) is 18.6. The van der Waals surface area contributed by atoms with E-state index in [-0.39, 0.29) is 5.91 Å². The van der Waals surface area contributed by atoms with Crippen LogP contribution in [0.15, 0.2) is 5.03 Å². The predicted molar refractivity (Wildman–Crippen MR) is 110 cm³/mol. The topological polar surface area (TPSA) is 67.4 Å². The van der Waals surface area contributed by atoms with E-state index in [9.17, 15) is 4.79 Å². The number of thiophene rings is 1. The number of aryl methyl sites for hydroxylation is 2. The maximum atomic E-state index is 12.0. The van der Waals surface area contributed by atoms with E-state index in [1.54, 1.807) is 11.8 Å². The summed E-state index contributed by atoms with van der Waals surface area (Å²) in [4.78, 5) is 26.7. The van der Waals surface area contributed by atoms with Crippen molar-refractivity contribution in [2.45, 2.75) is 44.2 Å². The van der Waals surface area contributed by atoms with Gasteiger partial charge in [-0.15, -0.1) is 11.3 Å². The highest BCUT2D eigenvalue weighted by molar-refractivity contribution is 8.00. The Balaban J connectivity index is 1.65. The average molecular weight is 407 g/mol. The summed E-state index contributed by atoms with van der Waals surface area (Å²) in [5, 5.41) is 5.06. The minimum Gasteiger partial charge on any atom is -0.379 e. The van der Waals surface area contributed by atoms with Gasteiger partial charge in [0.1, 0.15) is 15.7 Å². The second-order valence-corrected chi connectivity index (χ2v) is 9.01. The third-order valence-electron chi connectivity index (χ3n) is 5.01. The van der Waals surface area contributed by atoms with Crippen molar-refractivity contribution in [1.29, 1.82) is 0 Å². The summed E-state index contributed by atoms with van der Waals surface area (Å²) >= 11 is 3.38. The van der Waals surface area contributed by atoms with E-state index in [0.29, 0.717) is 12.3 Å². The number of fused-ring (bicyclic) bond motifs is 3. The standard InChI is InChI=1S/C19H26N4O2S2/c1-2-20-16(24)12-26-18-17-13-5-3-4-6-14(13)27-19(17)22-15(21-18)11-23-7-9-25-10-8-23/h2-12H2,1H3,(H,20,24). The number of hydrogen-bond donors (Lipinski definition) is 1. The molecule has 0 spiro atoms. The molecular weight excluding hydrogens is 380 g/mol. The Labute approximate surface area is 168 Å². The van der Waals surface area contributed by atoms with Crippen LogP contribution in [0, 0.1) is 0 Å². The summed E-state index contributed by atoms with van der Waals surface area (Å²) in [5.41, 5.74) is 1.43. The quantitative estimate of drug-likeness (QED) is 0.588. The Bertz CT molecular complexity index is 818.